The SMILES string of the molecule is CCOC(=O)[C@@H](C)NC(=O)CC(C)O. The average Bonchev–Trinajstić information content (AvgIpc) is 2.02. The van der Waals surface area contributed by atoms with Crippen LogP contribution in [-0.2, 0) is 14.3 Å². The maximum atomic E-state index is 11.1. The van der Waals surface area contributed by atoms with Gasteiger partial charge >= 0.3 is 5.97 Å². The van der Waals surface area contributed by atoms with Gasteiger partial charge in [-0.1, -0.05) is 0 Å². The summed E-state index contributed by atoms with van der Waals surface area (Å²) in [6.07, 6.45) is -0.714. The molecule has 82 valence electrons. The van der Waals surface area contributed by atoms with Gasteiger partial charge in [0.15, 0.2) is 0 Å². The van der Waals surface area contributed by atoms with E-state index in [-0.39, 0.29) is 18.9 Å². The minimum atomic E-state index is -0.704. The Bertz CT molecular complexity index is 203. The number of amides is 1. The summed E-state index contributed by atoms with van der Waals surface area (Å²) < 4.78 is 4.69. The molecule has 2 N–H and O–H groups in total. The summed E-state index contributed by atoms with van der Waals surface area (Å²) in [7, 11) is 0. The highest BCUT2D eigenvalue weighted by Gasteiger charge is 2.16. The van der Waals surface area contributed by atoms with Crippen LogP contribution >= 0.6 is 0 Å². The molecule has 0 saturated carbocycles. The van der Waals surface area contributed by atoms with Crippen molar-refractivity contribution in [1.82, 2.24) is 5.32 Å². The van der Waals surface area contributed by atoms with Crippen LogP contribution in [0.3, 0.4) is 0 Å². The van der Waals surface area contributed by atoms with Gasteiger partial charge in [-0.25, -0.2) is 4.79 Å². The van der Waals surface area contributed by atoms with Gasteiger partial charge in [-0.05, 0) is 20.8 Å². The van der Waals surface area contributed by atoms with E-state index in [1.807, 2.05) is 0 Å². The van der Waals surface area contributed by atoms with Crippen LogP contribution in [0, 0.1) is 0 Å². The van der Waals surface area contributed by atoms with Gasteiger partial charge in [-0.15, -0.1) is 0 Å². The second kappa shape index (κ2) is 6.37. The van der Waals surface area contributed by atoms with E-state index in [1.54, 1.807) is 6.92 Å². The van der Waals surface area contributed by atoms with Gasteiger partial charge in [0, 0.05) is 0 Å². The molecule has 1 amide bonds. The van der Waals surface area contributed by atoms with Crippen LogP contribution in [0.1, 0.15) is 27.2 Å². The third-order valence-corrected chi connectivity index (χ3v) is 1.50. The van der Waals surface area contributed by atoms with Crippen LogP contribution in [0.4, 0.5) is 0 Å². The summed E-state index contributed by atoms with van der Waals surface area (Å²) in [6.45, 7) is 5.03. The fraction of sp³-hybridized carbons (Fsp3) is 0.778. The molecule has 0 bridgehead atoms. The summed E-state index contributed by atoms with van der Waals surface area (Å²) in [5.74, 6) is -0.827. The number of aliphatic hydroxyl groups is 1. The van der Waals surface area contributed by atoms with Gasteiger partial charge < -0.3 is 15.2 Å². The highest BCUT2D eigenvalue weighted by molar-refractivity contribution is 5.84. The quantitative estimate of drug-likeness (QED) is 0.608. The Morgan fingerprint density at radius 1 is 1.43 bits per heavy atom. The Labute approximate surface area is 83.4 Å². The number of esters is 1. The fourth-order valence-electron chi connectivity index (χ4n) is 0.895. The Morgan fingerprint density at radius 3 is 2.43 bits per heavy atom. The molecular weight excluding hydrogens is 186 g/mol. The van der Waals surface area contributed by atoms with Crippen molar-refractivity contribution in [3.63, 3.8) is 0 Å². The van der Waals surface area contributed by atoms with Crippen LogP contribution < -0.4 is 5.32 Å². The number of rotatable bonds is 5. The highest BCUT2D eigenvalue weighted by atomic mass is 16.5. The van der Waals surface area contributed by atoms with Crippen molar-refractivity contribution in [3.8, 4) is 0 Å². The maximum absolute atomic E-state index is 11.1. The fourth-order valence-corrected chi connectivity index (χ4v) is 0.895. The van der Waals surface area contributed by atoms with E-state index in [9.17, 15) is 9.59 Å². The molecule has 0 heterocycles. The minimum Gasteiger partial charge on any atom is -0.464 e. The van der Waals surface area contributed by atoms with Crippen molar-refractivity contribution in [3.05, 3.63) is 0 Å². The number of ether oxygens (including phenoxy) is 1. The van der Waals surface area contributed by atoms with Crippen LogP contribution in [0.25, 0.3) is 0 Å². The van der Waals surface area contributed by atoms with Crippen molar-refractivity contribution < 1.29 is 19.4 Å². The number of carbonyl (C=O) groups is 2. The summed E-state index contributed by atoms with van der Waals surface area (Å²) in [5, 5.41) is 11.3. The lowest BCUT2D eigenvalue weighted by Crippen LogP contribution is -2.40. The Balaban J connectivity index is 3.87. The molecule has 0 aliphatic rings. The molecule has 0 radical (unpaired) electrons. The van der Waals surface area contributed by atoms with E-state index in [1.165, 1.54) is 13.8 Å². The van der Waals surface area contributed by atoms with E-state index in [0.29, 0.717) is 0 Å². The smallest absolute Gasteiger partial charge is 0.328 e. The molecule has 0 spiro atoms. The lowest BCUT2D eigenvalue weighted by atomic mass is 10.2. The molecule has 5 nitrogen and oxygen atoms in total. The zero-order valence-electron chi connectivity index (χ0n) is 8.74. The van der Waals surface area contributed by atoms with Gasteiger partial charge in [0.25, 0.3) is 0 Å². The molecule has 0 aliphatic heterocycles. The summed E-state index contributed by atoms with van der Waals surface area (Å²) in [4.78, 5) is 22.2. The molecule has 0 aromatic carbocycles. The first-order valence-electron chi connectivity index (χ1n) is 4.61. The molecule has 2 atom stereocenters. The Morgan fingerprint density at radius 2 is 2.00 bits per heavy atom. The second-order valence-electron chi connectivity index (χ2n) is 3.09. The molecule has 14 heavy (non-hydrogen) atoms. The number of aliphatic hydroxyl groups excluding tert-OH is 1. The molecule has 0 aromatic heterocycles. The summed E-state index contributed by atoms with van der Waals surface area (Å²) >= 11 is 0. The molecule has 0 rings (SSSR count). The van der Waals surface area contributed by atoms with Crippen molar-refractivity contribution >= 4 is 11.9 Å². The van der Waals surface area contributed by atoms with Crippen LogP contribution in [0.15, 0.2) is 0 Å². The van der Waals surface area contributed by atoms with Crippen molar-refractivity contribution in [2.75, 3.05) is 6.61 Å². The van der Waals surface area contributed by atoms with E-state index >= 15 is 0 Å². The highest BCUT2D eigenvalue weighted by Crippen LogP contribution is 1.92. The lowest BCUT2D eigenvalue weighted by Gasteiger charge is -2.12. The molecular formula is C9H17NO4. The van der Waals surface area contributed by atoms with E-state index in [0.717, 1.165) is 0 Å². The monoisotopic (exact) mass is 203 g/mol. The van der Waals surface area contributed by atoms with Crippen molar-refractivity contribution in [2.45, 2.75) is 39.3 Å². The van der Waals surface area contributed by atoms with E-state index in [2.05, 4.69) is 5.32 Å². The first kappa shape index (κ1) is 12.9. The Kier molecular flexibility index (Phi) is 5.87. The van der Waals surface area contributed by atoms with Crippen molar-refractivity contribution in [2.24, 2.45) is 0 Å². The summed E-state index contributed by atoms with van der Waals surface area (Å²) in [5.41, 5.74) is 0. The second-order valence-corrected chi connectivity index (χ2v) is 3.09. The first-order valence-corrected chi connectivity index (χ1v) is 4.61. The zero-order chi connectivity index (χ0) is 11.1. The number of carbonyl (C=O) groups excluding carboxylic acids is 2. The van der Waals surface area contributed by atoms with Gasteiger partial charge in [0.2, 0.25) is 5.91 Å². The van der Waals surface area contributed by atoms with Gasteiger partial charge in [-0.3, -0.25) is 4.79 Å². The Hall–Kier alpha value is -1.10. The molecule has 0 aliphatic carbocycles. The largest absolute Gasteiger partial charge is 0.464 e. The molecule has 5 heteroatoms. The van der Waals surface area contributed by atoms with Gasteiger partial charge in [0.1, 0.15) is 6.04 Å². The van der Waals surface area contributed by atoms with Crippen LogP contribution in [0.5, 0.6) is 0 Å². The average molecular weight is 203 g/mol. The lowest BCUT2D eigenvalue weighted by molar-refractivity contribution is -0.147. The minimum absolute atomic E-state index is 0.0102. The van der Waals surface area contributed by atoms with E-state index in [4.69, 9.17) is 9.84 Å². The van der Waals surface area contributed by atoms with Crippen LogP contribution in [0.2, 0.25) is 0 Å². The maximum Gasteiger partial charge on any atom is 0.328 e. The first-order chi connectivity index (χ1) is 6.47. The normalized spacial score (nSPS) is 14.3. The molecule has 0 saturated heterocycles. The van der Waals surface area contributed by atoms with Crippen molar-refractivity contribution in [1.29, 1.82) is 0 Å². The standard InChI is InChI=1S/C9H17NO4/c1-4-14-9(13)7(3)10-8(12)5-6(2)11/h6-7,11H,4-5H2,1-3H3,(H,10,12)/t6?,7-/m1/s1. The number of hydrogen-bond donors (Lipinski definition) is 2. The van der Waals surface area contributed by atoms with Gasteiger partial charge in [-0.2, -0.15) is 0 Å². The summed E-state index contributed by atoms with van der Waals surface area (Å²) in [6, 6.07) is -0.666. The van der Waals surface area contributed by atoms with Crippen LogP contribution in [-0.4, -0.2) is 35.7 Å². The zero-order valence-corrected chi connectivity index (χ0v) is 8.74. The predicted molar refractivity (Wildman–Crippen MR) is 50.5 cm³/mol. The van der Waals surface area contributed by atoms with E-state index < -0.39 is 18.1 Å². The third-order valence-electron chi connectivity index (χ3n) is 1.50. The van der Waals surface area contributed by atoms with Gasteiger partial charge in [0.05, 0.1) is 19.1 Å². The number of hydrogen-bond acceptors (Lipinski definition) is 4. The molecule has 0 aromatic rings. The number of nitrogens with one attached hydrogen (secondary N) is 1. The molecule has 0 fully saturated rings. The topological polar surface area (TPSA) is 75.6 Å². The molecule has 1 unspecified atom stereocenters. The predicted octanol–water partition coefficient (Wildman–Crippen LogP) is -0.175. The third kappa shape index (κ3) is 5.53.